The van der Waals surface area contributed by atoms with Gasteiger partial charge in [0.15, 0.2) is 0 Å². The highest BCUT2D eigenvalue weighted by Gasteiger charge is 2.29. The minimum atomic E-state index is -0.209. The van der Waals surface area contributed by atoms with Gasteiger partial charge in [0.05, 0.1) is 0 Å². The molecule has 1 aliphatic heterocycles. The SMILES string of the molecule is CC(C)[C@H]1CN(C(=O)c2ccncc2)CCCN1Cc1ccc(F)cc1. The maximum Gasteiger partial charge on any atom is 0.254 e. The van der Waals surface area contributed by atoms with Crippen LogP contribution in [0.3, 0.4) is 0 Å². The summed E-state index contributed by atoms with van der Waals surface area (Å²) < 4.78 is 13.2. The minimum Gasteiger partial charge on any atom is -0.337 e. The fourth-order valence-electron chi connectivity index (χ4n) is 3.58. The van der Waals surface area contributed by atoms with Crippen molar-refractivity contribution in [2.24, 2.45) is 5.92 Å². The number of carbonyl (C=O) groups is 1. The van der Waals surface area contributed by atoms with E-state index in [1.807, 2.05) is 17.0 Å². The Labute approximate surface area is 154 Å². The zero-order valence-electron chi connectivity index (χ0n) is 15.4. The summed E-state index contributed by atoms with van der Waals surface area (Å²) in [6.07, 6.45) is 4.25. The molecule has 26 heavy (non-hydrogen) atoms. The first-order chi connectivity index (χ1) is 12.5. The van der Waals surface area contributed by atoms with Crippen LogP contribution < -0.4 is 0 Å². The number of rotatable bonds is 4. The summed E-state index contributed by atoms with van der Waals surface area (Å²) in [5.41, 5.74) is 1.79. The Morgan fingerprint density at radius 3 is 2.50 bits per heavy atom. The van der Waals surface area contributed by atoms with Gasteiger partial charge < -0.3 is 4.90 Å². The first-order valence-electron chi connectivity index (χ1n) is 9.22. The van der Waals surface area contributed by atoms with E-state index in [0.717, 1.165) is 31.6 Å². The van der Waals surface area contributed by atoms with Crippen LogP contribution in [0.25, 0.3) is 0 Å². The summed E-state index contributed by atoms with van der Waals surface area (Å²) in [6.45, 7) is 7.57. The van der Waals surface area contributed by atoms with E-state index in [0.29, 0.717) is 18.0 Å². The molecule has 3 rings (SSSR count). The average molecular weight is 355 g/mol. The number of hydrogen-bond donors (Lipinski definition) is 0. The number of halogens is 1. The summed E-state index contributed by atoms with van der Waals surface area (Å²) in [7, 11) is 0. The van der Waals surface area contributed by atoms with Crippen LogP contribution in [-0.2, 0) is 6.54 Å². The van der Waals surface area contributed by atoms with Gasteiger partial charge in [-0.15, -0.1) is 0 Å². The summed E-state index contributed by atoms with van der Waals surface area (Å²) in [4.78, 5) is 21.2. The van der Waals surface area contributed by atoms with E-state index in [1.165, 1.54) is 12.1 Å². The van der Waals surface area contributed by atoms with Gasteiger partial charge in [-0.3, -0.25) is 14.7 Å². The van der Waals surface area contributed by atoms with Crippen LogP contribution in [0, 0.1) is 11.7 Å². The van der Waals surface area contributed by atoms with E-state index in [4.69, 9.17) is 0 Å². The molecule has 138 valence electrons. The number of carbonyl (C=O) groups excluding carboxylic acids is 1. The molecule has 2 heterocycles. The number of hydrogen-bond acceptors (Lipinski definition) is 3. The molecule has 1 aliphatic rings. The second-order valence-electron chi connectivity index (χ2n) is 7.25. The van der Waals surface area contributed by atoms with Crippen LogP contribution in [0.5, 0.6) is 0 Å². The standard InChI is InChI=1S/C21H26FN3O/c1-16(2)20-15-25(21(26)18-8-10-23-11-9-18)13-3-12-24(20)14-17-4-6-19(22)7-5-17/h4-11,16,20H,3,12-15H2,1-2H3/t20-/m1/s1. The number of benzene rings is 1. The summed E-state index contributed by atoms with van der Waals surface area (Å²) in [5, 5.41) is 0. The van der Waals surface area contributed by atoms with Crippen molar-refractivity contribution in [1.82, 2.24) is 14.8 Å². The van der Waals surface area contributed by atoms with Gasteiger partial charge in [-0.05, 0) is 42.2 Å². The lowest BCUT2D eigenvalue weighted by Gasteiger charge is -2.34. The first kappa shape index (κ1) is 18.5. The molecule has 1 aromatic heterocycles. The van der Waals surface area contributed by atoms with Crippen LogP contribution >= 0.6 is 0 Å². The molecule has 1 saturated heterocycles. The Morgan fingerprint density at radius 2 is 1.85 bits per heavy atom. The van der Waals surface area contributed by atoms with E-state index < -0.39 is 0 Å². The lowest BCUT2D eigenvalue weighted by Crippen LogP contribution is -2.45. The number of amides is 1. The van der Waals surface area contributed by atoms with Gasteiger partial charge in [0.25, 0.3) is 5.91 Å². The molecule has 0 saturated carbocycles. The van der Waals surface area contributed by atoms with Crippen molar-refractivity contribution in [3.63, 3.8) is 0 Å². The molecule has 4 nitrogen and oxygen atoms in total. The molecule has 1 fully saturated rings. The van der Waals surface area contributed by atoms with Crippen molar-refractivity contribution in [3.05, 3.63) is 65.7 Å². The topological polar surface area (TPSA) is 36.4 Å². The second kappa shape index (κ2) is 8.41. The summed E-state index contributed by atoms with van der Waals surface area (Å²) in [5.74, 6) is 0.280. The van der Waals surface area contributed by atoms with Crippen molar-refractivity contribution >= 4 is 5.91 Å². The zero-order chi connectivity index (χ0) is 18.5. The third kappa shape index (κ3) is 4.47. The van der Waals surface area contributed by atoms with Gasteiger partial charge in [0.2, 0.25) is 0 Å². The van der Waals surface area contributed by atoms with Crippen molar-refractivity contribution < 1.29 is 9.18 Å². The molecule has 0 N–H and O–H groups in total. The molecular weight excluding hydrogens is 329 g/mol. The second-order valence-corrected chi connectivity index (χ2v) is 7.25. The Hall–Kier alpha value is -2.27. The predicted octanol–water partition coefficient (Wildman–Crippen LogP) is 3.59. The molecule has 5 heteroatoms. The highest BCUT2D eigenvalue weighted by Crippen LogP contribution is 2.21. The highest BCUT2D eigenvalue weighted by molar-refractivity contribution is 5.94. The molecule has 0 spiro atoms. The Bertz CT molecular complexity index is 718. The van der Waals surface area contributed by atoms with Crippen molar-refractivity contribution in [3.8, 4) is 0 Å². The van der Waals surface area contributed by atoms with Crippen LogP contribution in [0.2, 0.25) is 0 Å². The fraction of sp³-hybridized carbons (Fsp3) is 0.429. The normalized spacial score (nSPS) is 18.8. The molecule has 1 atom stereocenters. The Balaban J connectivity index is 1.75. The maximum atomic E-state index is 13.2. The van der Waals surface area contributed by atoms with Gasteiger partial charge in [0.1, 0.15) is 5.82 Å². The highest BCUT2D eigenvalue weighted by atomic mass is 19.1. The molecule has 1 aromatic carbocycles. The molecule has 0 aliphatic carbocycles. The van der Waals surface area contributed by atoms with Gasteiger partial charge in [-0.1, -0.05) is 26.0 Å². The van der Waals surface area contributed by atoms with Crippen molar-refractivity contribution in [1.29, 1.82) is 0 Å². The number of pyridine rings is 1. The van der Waals surface area contributed by atoms with E-state index in [9.17, 15) is 9.18 Å². The van der Waals surface area contributed by atoms with Gasteiger partial charge in [-0.25, -0.2) is 4.39 Å². The minimum absolute atomic E-state index is 0.0710. The molecule has 0 unspecified atom stereocenters. The van der Waals surface area contributed by atoms with Crippen molar-refractivity contribution in [2.75, 3.05) is 19.6 Å². The summed E-state index contributed by atoms with van der Waals surface area (Å²) >= 11 is 0. The van der Waals surface area contributed by atoms with Crippen LogP contribution in [0.4, 0.5) is 4.39 Å². The Morgan fingerprint density at radius 1 is 1.15 bits per heavy atom. The van der Waals surface area contributed by atoms with Crippen molar-refractivity contribution in [2.45, 2.75) is 32.9 Å². The Kier molecular flexibility index (Phi) is 5.99. The van der Waals surface area contributed by atoms with E-state index in [2.05, 4.69) is 23.7 Å². The molecule has 0 bridgehead atoms. The number of nitrogens with zero attached hydrogens (tertiary/aromatic N) is 3. The molecule has 0 radical (unpaired) electrons. The third-order valence-corrected chi connectivity index (χ3v) is 5.03. The molecular formula is C21H26FN3O. The third-order valence-electron chi connectivity index (χ3n) is 5.03. The van der Waals surface area contributed by atoms with Gasteiger partial charge in [-0.2, -0.15) is 0 Å². The zero-order valence-corrected chi connectivity index (χ0v) is 15.4. The summed E-state index contributed by atoms with van der Waals surface area (Å²) in [6, 6.07) is 10.5. The van der Waals surface area contributed by atoms with Crippen LogP contribution in [0.15, 0.2) is 48.8 Å². The van der Waals surface area contributed by atoms with E-state index >= 15 is 0 Å². The van der Waals surface area contributed by atoms with Crippen LogP contribution in [0.1, 0.15) is 36.2 Å². The quantitative estimate of drug-likeness (QED) is 0.841. The van der Waals surface area contributed by atoms with E-state index in [-0.39, 0.29) is 17.8 Å². The smallest absolute Gasteiger partial charge is 0.254 e. The predicted molar refractivity (Wildman–Crippen MR) is 100 cm³/mol. The largest absolute Gasteiger partial charge is 0.337 e. The number of aromatic nitrogens is 1. The average Bonchev–Trinajstić information content (AvgIpc) is 2.86. The fourth-order valence-corrected chi connectivity index (χ4v) is 3.58. The maximum absolute atomic E-state index is 13.2. The lowest BCUT2D eigenvalue weighted by molar-refractivity contribution is 0.0702. The van der Waals surface area contributed by atoms with E-state index in [1.54, 1.807) is 24.5 Å². The first-order valence-corrected chi connectivity index (χ1v) is 9.22. The molecule has 1 amide bonds. The van der Waals surface area contributed by atoms with Crippen LogP contribution in [-0.4, -0.2) is 46.4 Å². The monoisotopic (exact) mass is 355 g/mol. The van der Waals surface area contributed by atoms with Gasteiger partial charge in [0, 0.05) is 50.2 Å². The van der Waals surface area contributed by atoms with Gasteiger partial charge >= 0.3 is 0 Å². The lowest BCUT2D eigenvalue weighted by atomic mass is 10.0. The molecule has 2 aromatic rings.